The van der Waals surface area contributed by atoms with E-state index in [0.717, 1.165) is 5.52 Å². The number of sulfonamides is 1. The summed E-state index contributed by atoms with van der Waals surface area (Å²) < 4.78 is 43.0. The van der Waals surface area contributed by atoms with Crippen molar-refractivity contribution in [2.45, 2.75) is 17.7 Å². The average molecular weight is 434 g/mol. The molecule has 3 aromatic rings. The van der Waals surface area contributed by atoms with Gasteiger partial charge in [0.05, 0.1) is 21.0 Å². The van der Waals surface area contributed by atoms with E-state index in [1.807, 2.05) is 0 Å². The maximum absolute atomic E-state index is 13.5. The van der Waals surface area contributed by atoms with Crippen molar-refractivity contribution in [3.05, 3.63) is 59.1 Å². The highest BCUT2D eigenvalue weighted by Gasteiger charge is 2.33. The van der Waals surface area contributed by atoms with E-state index >= 15 is 0 Å². The second-order valence-electron chi connectivity index (χ2n) is 7.02. The Bertz CT molecular complexity index is 1230. The van der Waals surface area contributed by atoms with Gasteiger partial charge in [-0.15, -0.1) is 0 Å². The summed E-state index contributed by atoms with van der Waals surface area (Å²) in [6, 6.07) is 12.7. The van der Waals surface area contributed by atoms with Crippen LogP contribution in [0, 0.1) is 11.7 Å². The van der Waals surface area contributed by atoms with Crippen molar-refractivity contribution in [3.8, 4) is 0 Å². The Kier molecular flexibility index (Phi) is 5.37. The average Bonchev–Trinajstić information content (AvgIpc) is 3.03. The van der Waals surface area contributed by atoms with Crippen molar-refractivity contribution in [1.29, 1.82) is 0 Å². The number of rotatable bonds is 3. The van der Waals surface area contributed by atoms with Crippen LogP contribution in [0.1, 0.15) is 12.8 Å². The molecule has 1 aliphatic heterocycles. The van der Waals surface area contributed by atoms with Crippen LogP contribution in [0.25, 0.3) is 10.2 Å². The molecule has 1 unspecified atom stereocenters. The topological polar surface area (TPSA) is 71.7 Å². The lowest BCUT2D eigenvalue weighted by Gasteiger charge is -2.30. The number of hydrogen-bond acceptors (Lipinski definition) is 4. The molecular formula is C20H20FN3O3S2. The highest BCUT2D eigenvalue weighted by molar-refractivity contribution is 7.89. The molecule has 9 heteroatoms. The van der Waals surface area contributed by atoms with Crippen molar-refractivity contribution < 1.29 is 17.6 Å². The summed E-state index contributed by atoms with van der Waals surface area (Å²) in [6.07, 6.45) is 1.19. The lowest BCUT2D eigenvalue weighted by atomic mass is 9.99. The first-order valence-corrected chi connectivity index (χ1v) is 11.5. The molecule has 1 amide bonds. The molecule has 0 N–H and O–H groups in total. The van der Waals surface area contributed by atoms with E-state index in [1.165, 1.54) is 27.8 Å². The molecule has 0 saturated carbocycles. The van der Waals surface area contributed by atoms with E-state index in [0.29, 0.717) is 28.9 Å². The van der Waals surface area contributed by atoms with Gasteiger partial charge in [0.15, 0.2) is 4.80 Å². The predicted molar refractivity (Wildman–Crippen MR) is 109 cm³/mol. The number of carbonyl (C=O) groups is 1. The molecule has 2 heterocycles. The zero-order valence-corrected chi connectivity index (χ0v) is 17.4. The standard InChI is InChI=1S/C20H20FN3O3S2/c1-23-17-10-9-15(21)12-18(17)28-20(23)22-19(25)14-6-5-11-24(13-14)29(26,27)16-7-3-2-4-8-16/h2-4,7-10,12,14H,5-6,11,13H2,1H3. The van der Waals surface area contributed by atoms with Gasteiger partial charge in [-0.05, 0) is 43.2 Å². The van der Waals surface area contributed by atoms with Crippen molar-refractivity contribution in [3.63, 3.8) is 0 Å². The summed E-state index contributed by atoms with van der Waals surface area (Å²) in [5.74, 6) is -1.18. The minimum atomic E-state index is -3.64. The van der Waals surface area contributed by atoms with Crippen LogP contribution < -0.4 is 4.80 Å². The van der Waals surface area contributed by atoms with E-state index in [1.54, 1.807) is 48.0 Å². The third-order valence-corrected chi connectivity index (χ3v) is 8.07. The maximum Gasteiger partial charge on any atom is 0.252 e. The fourth-order valence-corrected chi connectivity index (χ4v) is 6.10. The first kappa shape index (κ1) is 19.9. The van der Waals surface area contributed by atoms with Crippen molar-refractivity contribution in [2.75, 3.05) is 13.1 Å². The summed E-state index contributed by atoms with van der Waals surface area (Å²) in [4.78, 5) is 17.7. The smallest absolute Gasteiger partial charge is 0.252 e. The summed E-state index contributed by atoms with van der Waals surface area (Å²) in [7, 11) is -1.87. The van der Waals surface area contributed by atoms with Crippen LogP contribution in [0.2, 0.25) is 0 Å². The quantitative estimate of drug-likeness (QED) is 0.638. The molecule has 1 atom stereocenters. The molecule has 2 aromatic carbocycles. The van der Waals surface area contributed by atoms with E-state index in [2.05, 4.69) is 4.99 Å². The van der Waals surface area contributed by atoms with Crippen LogP contribution in [-0.2, 0) is 21.9 Å². The first-order chi connectivity index (χ1) is 13.9. The van der Waals surface area contributed by atoms with Gasteiger partial charge in [0.1, 0.15) is 5.82 Å². The lowest BCUT2D eigenvalue weighted by molar-refractivity contribution is -0.122. The predicted octanol–water partition coefficient (Wildman–Crippen LogP) is 2.91. The van der Waals surface area contributed by atoms with Crippen LogP contribution in [0.4, 0.5) is 4.39 Å². The fourth-order valence-electron chi connectivity index (χ4n) is 3.50. The van der Waals surface area contributed by atoms with Crippen LogP contribution in [-0.4, -0.2) is 36.3 Å². The Labute approximate surface area is 172 Å². The molecule has 152 valence electrons. The zero-order valence-electron chi connectivity index (χ0n) is 15.8. The Hall–Kier alpha value is -2.36. The molecule has 0 radical (unpaired) electrons. The number of benzene rings is 2. The summed E-state index contributed by atoms with van der Waals surface area (Å²) in [5.41, 5.74) is 0.792. The number of piperidine rings is 1. The van der Waals surface area contributed by atoms with E-state index < -0.39 is 15.9 Å². The maximum atomic E-state index is 13.5. The molecule has 1 aliphatic rings. The fraction of sp³-hybridized carbons (Fsp3) is 0.300. The summed E-state index contributed by atoms with van der Waals surface area (Å²) >= 11 is 1.24. The van der Waals surface area contributed by atoms with E-state index in [4.69, 9.17) is 0 Å². The van der Waals surface area contributed by atoms with Crippen LogP contribution in [0.3, 0.4) is 0 Å². The van der Waals surface area contributed by atoms with Gasteiger partial charge < -0.3 is 4.57 Å². The van der Waals surface area contributed by atoms with Gasteiger partial charge in [0.2, 0.25) is 10.0 Å². The van der Waals surface area contributed by atoms with Gasteiger partial charge in [0.25, 0.3) is 5.91 Å². The van der Waals surface area contributed by atoms with Gasteiger partial charge in [-0.25, -0.2) is 12.8 Å². The number of hydrogen-bond donors (Lipinski definition) is 0. The monoisotopic (exact) mass is 433 g/mol. The van der Waals surface area contributed by atoms with Crippen molar-refractivity contribution >= 4 is 37.5 Å². The number of fused-ring (bicyclic) bond motifs is 1. The number of thiazole rings is 1. The summed E-state index contributed by atoms with van der Waals surface area (Å²) in [6.45, 7) is 0.500. The number of nitrogens with zero attached hydrogens (tertiary/aromatic N) is 3. The highest BCUT2D eigenvalue weighted by Crippen LogP contribution is 2.24. The van der Waals surface area contributed by atoms with Crippen LogP contribution >= 0.6 is 11.3 Å². The van der Waals surface area contributed by atoms with Gasteiger partial charge in [0, 0.05) is 20.1 Å². The minimum Gasteiger partial charge on any atom is -0.319 e. The van der Waals surface area contributed by atoms with Crippen LogP contribution in [0.5, 0.6) is 0 Å². The normalized spacial score (nSPS) is 19.0. The number of carbonyl (C=O) groups excluding carboxylic acids is 1. The number of aromatic nitrogens is 1. The highest BCUT2D eigenvalue weighted by atomic mass is 32.2. The third kappa shape index (κ3) is 3.90. The van der Waals surface area contributed by atoms with E-state index in [9.17, 15) is 17.6 Å². The molecule has 4 rings (SSSR count). The Morgan fingerprint density at radius 1 is 1.21 bits per heavy atom. The zero-order chi connectivity index (χ0) is 20.6. The molecule has 29 heavy (non-hydrogen) atoms. The molecular weight excluding hydrogens is 413 g/mol. The molecule has 0 bridgehead atoms. The van der Waals surface area contributed by atoms with Gasteiger partial charge in [-0.2, -0.15) is 9.30 Å². The van der Waals surface area contributed by atoms with Crippen LogP contribution in [0.15, 0.2) is 58.4 Å². The van der Waals surface area contributed by atoms with Gasteiger partial charge in [-0.1, -0.05) is 29.5 Å². The summed E-state index contributed by atoms with van der Waals surface area (Å²) in [5, 5.41) is 0. The van der Waals surface area contributed by atoms with Gasteiger partial charge in [-0.3, -0.25) is 4.79 Å². The van der Waals surface area contributed by atoms with Gasteiger partial charge >= 0.3 is 0 Å². The second-order valence-corrected chi connectivity index (χ2v) is 9.97. The Balaban J connectivity index is 1.60. The number of halogens is 1. The van der Waals surface area contributed by atoms with Crippen molar-refractivity contribution in [1.82, 2.24) is 8.87 Å². The lowest BCUT2D eigenvalue weighted by Crippen LogP contribution is -2.42. The molecule has 1 aromatic heterocycles. The Morgan fingerprint density at radius 3 is 2.72 bits per heavy atom. The molecule has 1 fully saturated rings. The molecule has 1 saturated heterocycles. The van der Waals surface area contributed by atoms with Crippen molar-refractivity contribution in [2.24, 2.45) is 18.0 Å². The molecule has 6 nitrogen and oxygen atoms in total. The largest absolute Gasteiger partial charge is 0.319 e. The second kappa shape index (κ2) is 7.81. The Morgan fingerprint density at radius 2 is 1.97 bits per heavy atom. The minimum absolute atomic E-state index is 0.114. The van der Waals surface area contributed by atoms with E-state index in [-0.39, 0.29) is 23.2 Å². The number of amides is 1. The molecule has 0 spiro atoms. The molecule has 0 aliphatic carbocycles. The SMILES string of the molecule is Cn1c(=NC(=O)C2CCCN(S(=O)(=O)c3ccccc3)C2)sc2cc(F)ccc21. The third-order valence-electron chi connectivity index (χ3n) is 5.09. The number of aryl methyl sites for hydroxylation is 1. The first-order valence-electron chi connectivity index (χ1n) is 9.25.